The van der Waals surface area contributed by atoms with Crippen molar-refractivity contribution in [2.75, 3.05) is 32.8 Å². The first-order valence-corrected chi connectivity index (χ1v) is 7.37. The molecule has 1 aromatic rings. The molecule has 2 amide bonds. The highest BCUT2D eigenvalue weighted by molar-refractivity contribution is 5.94. The summed E-state index contributed by atoms with van der Waals surface area (Å²) in [5, 5.41) is 0. The Kier molecular flexibility index (Phi) is 5.53. The average Bonchev–Trinajstić information content (AvgIpc) is 2.54. The molecule has 0 aromatic heterocycles. The number of nitrogens with zero attached hydrogens (tertiary/aromatic N) is 2. The highest BCUT2D eigenvalue weighted by atomic mass is 19.4. The minimum atomic E-state index is -4.77. The van der Waals surface area contributed by atoms with Crippen LogP contribution in [0.15, 0.2) is 24.3 Å². The molecule has 0 aliphatic carbocycles. The van der Waals surface area contributed by atoms with E-state index in [-0.39, 0.29) is 23.8 Å². The van der Waals surface area contributed by atoms with Crippen molar-refractivity contribution in [3.63, 3.8) is 0 Å². The lowest BCUT2D eigenvalue weighted by atomic mass is 10.1. The summed E-state index contributed by atoms with van der Waals surface area (Å²) in [4.78, 5) is 27.0. The second-order valence-corrected chi connectivity index (χ2v) is 5.05. The zero-order valence-corrected chi connectivity index (χ0v) is 13.0. The van der Waals surface area contributed by atoms with Crippen LogP contribution in [-0.2, 0) is 4.74 Å². The Bertz CT molecular complexity index is 581. The monoisotopic (exact) mass is 346 g/mol. The van der Waals surface area contributed by atoms with E-state index in [1.165, 1.54) is 21.9 Å². The number of hydrogen-bond acceptors (Lipinski definition) is 4. The first-order valence-electron chi connectivity index (χ1n) is 7.37. The molecule has 1 heterocycles. The maximum Gasteiger partial charge on any atom is 0.573 e. The van der Waals surface area contributed by atoms with Crippen LogP contribution in [0, 0.1) is 0 Å². The van der Waals surface area contributed by atoms with Gasteiger partial charge in [0.1, 0.15) is 5.75 Å². The maximum atomic E-state index is 12.3. The molecule has 0 spiro atoms. The molecule has 1 aliphatic rings. The fourth-order valence-corrected chi connectivity index (χ4v) is 2.29. The summed E-state index contributed by atoms with van der Waals surface area (Å²) in [6.07, 6.45) is -5.19. The Labute approximate surface area is 136 Å². The number of halogens is 3. The number of carbonyl (C=O) groups is 2. The van der Waals surface area contributed by atoms with Crippen molar-refractivity contribution in [3.8, 4) is 5.75 Å². The van der Waals surface area contributed by atoms with Gasteiger partial charge < -0.3 is 19.3 Å². The molecule has 1 saturated heterocycles. The third-order valence-corrected chi connectivity index (χ3v) is 3.43. The number of piperazine rings is 1. The summed E-state index contributed by atoms with van der Waals surface area (Å²) in [6, 6.07) is 4.74. The summed E-state index contributed by atoms with van der Waals surface area (Å²) in [7, 11) is 0. The number of rotatable bonds is 3. The molecule has 6 nitrogen and oxygen atoms in total. The fourth-order valence-electron chi connectivity index (χ4n) is 2.29. The van der Waals surface area contributed by atoms with Gasteiger partial charge in [-0.25, -0.2) is 4.79 Å². The molecule has 1 fully saturated rings. The van der Waals surface area contributed by atoms with Gasteiger partial charge in [0.15, 0.2) is 0 Å². The SMILES string of the molecule is CCOC(=O)N1CCN(C(=O)c2ccc(OC(F)(F)F)cc2)CC1. The first kappa shape index (κ1) is 17.9. The van der Waals surface area contributed by atoms with Crippen molar-refractivity contribution in [3.05, 3.63) is 29.8 Å². The minimum Gasteiger partial charge on any atom is -0.450 e. The molecule has 132 valence electrons. The van der Waals surface area contributed by atoms with Gasteiger partial charge in [0, 0.05) is 31.7 Å². The predicted molar refractivity (Wildman–Crippen MR) is 77.6 cm³/mol. The number of carbonyl (C=O) groups excluding carboxylic acids is 2. The Hall–Kier alpha value is -2.45. The van der Waals surface area contributed by atoms with Gasteiger partial charge in [-0.2, -0.15) is 0 Å². The van der Waals surface area contributed by atoms with Crippen molar-refractivity contribution >= 4 is 12.0 Å². The largest absolute Gasteiger partial charge is 0.573 e. The Balaban J connectivity index is 1.92. The van der Waals surface area contributed by atoms with Gasteiger partial charge in [-0.15, -0.1) is 13.2 Å². The molecule has 1 aliphatic heterocycles. The van der Waals surface area contributed by atoms with E-state index in [2.05, 4.69) is 4.74 Å². The molecule has 2 rings (SSSR count). The molecule has 0 bridgehead atoms. The third-order valence-electron chi connectivity index (χ3n) is 3.43. The highest BCUT2D eigenvalue weighted by Gasteiger charge is 2.31. The Morgan fingerprint density at radius 3 is 2.08 bits per heavy atom. The lowest BCUT2D eigenvalue weighted by Gasteiger charge is -2.34. The molecule has 0 saturated carbocycles. The van der Waals surface area contributed by atoms with Crippen LogP contribution >= 0.6 is 0 Å². The van der Waals surface area contributed by atoms with E-state index in [4.69, 9.17) is 4.74 Å². The summed E-state index contributed by atoms with van der Waals surface area (Å²) >= 11 is 0. The van der Waals surface area contributed by atoms with Crippen molar-refractivity contribution in [2.45, 2.75) is 13.3 Å². The quantitative estimate of drug-likeness (QED) is 0.844. The number of amides is 2. The number of alkyl halides is 3. The van der Waals surface area contributed by atoms with Gasteiger partial charge in [0.2, 0.25) is 0 Å². The van der Waals surface area contributed by atoms with Gasteiger partial charge in [-0.05, 0) is 31.2 Å². The zero-order chi connectivity index (χ0) is 17.7. The van der Waals surface area contributed by atoms with E-state index < -0.39 is 12.5 Å². The molecular weight excluding hydrogens is 329 g/mol. The van der Waals surface area contributed by atoms with Crippen LogP contribution in [0.1, 0.15) is 17.3 Å². The van der Waals surface area contributed by atoms with E-state index in [0.717, 1.165) is 12.1 Å². The van der Waals surface area contributed by atoms with Crippen LogP contribution in [0.4, 0.5) is 18.0 Å². The van der Waals surface area contributed by atoms with Crippen LogP contribution < -0.4 is 4.74 Å². The molecular formula is C15H17F3N2O4. The van der Waals surface area contributed by atoms with Gasteiger partial charge in [0.25, 0.3) is 5.91 Å². The summed E-state index contributed by atoms with van der Waals surface area (Å²) in [5.41, 5.74) is 0.258. The van der Waals surface area contributed by atoms with Crippen molar-refractivity contribution in [2.24, 2.45) is 0 Å². The predicted octanol–water partition coefficient (Wildman–Crippen LogP) is 2.50. The lowest BCUT2D eigenvalue weighted by Crippen LogP contribution is -2.50. The second-order valence-electron chi connectivity index (χ2n) is 5.05. The number of hydrogen-bond donors (Lipinski definition) is 0. The summed E-state index contributed by atoms with van der Waals surface area (Å²) in [5.74, 6) is -0.691. The van der Waals surface area contributed by atoms with E-state index in [0.29, 0.717) is 26.2 Å². The minimum absolute atomic E-state index is 0.258. The van der Waals surface area contributed by atoms with Crippen LogP contribution in [0.25, 0.3) is 0 Å². The Morgan fingerprint density at radius 2 is 1.58 bits per heavy atom. The van der Waals surface area contributed by atoms with Crippen molar-refractivity contribution < 1.29 is 32.2 Å². The molecule has 9 heteroatoms. The number of ether oxygens (including phenoxy) is 2. The third kappa shape index (κ3) is 4.77. The zero-order valence-electron chi connectivity index (χ0n) is 13.0. The van der Waals surface area contributed by atoms with Gasteiger partial charge in [0.05, 0.1) is 6.61 Å². The molecule has 0 N–H and O–H groups in total. The molecule has 24 heavy (non-hydrogen) atoms. The summed E-state index contributed by atoms with van der Waals surface area (Å²) in [6.45, 7) is 3.35. The standard InChI is InChI=1S/C15H17F3N2O4/c1-2-23-14(22)20-9-7-19(8-10-20)13(21)11-3-5-12(6-4-11)24-15(16,17)18/h3-6H,2,7-10H2,1H3. The highest BCUT2D eigenvalue weighted by Crippen LogP contribution is 2.23. The van der Waals surface area contributed by atoms with Crippen LogP contribution in [0.2, 0.25) is 0 Å². The van der Waals surface area contributed by atoms with Gasteiger partial charge in [-0.3, -0.25) is 4.79 Å². The fraction of sp³-hybridized carbons (Fsp3) is 0.467. The average molecular weight is 346 g/mol. The maximum absolute atomic E-state index is 12.3. The van der Waals surface area contributed by atoms with Gasteiger partial charge in [-0.1, -0.05) is 0 Å². The van der Waals surface area contributed by atoms with E-state index >= 15 is 0 Å². The van der Waals surface area contributed by atoms with Crippen molar-refractivity contribution in [1.29, 1.82) is 0 Å². The first-order chi connectivity index (χ1) is 11.3. The van der Waals surface area contributed by atoms with Crippen LogP contribution in [0.3, 0.4) is 0 Å². The molecule has 0 radical (unpaired) electrons. The van der Waals surface area contributed by atoms with Gasteiger partial charge >= 0.3 is 12.5 Å². The lowest BCUT2D eigenvalue weighted by molar-refractivity contribution is -0.274. The van der Waals surface area contributed by atoms with Crippen molar-refractivity contribution in [1.82, 2.24) is 9.80 Å². The molecule has 0 atom stereocenters. The van der Waals surface area contributed by atoms with E-state index in [1.54, 1.807) is 6.92 Å². The van der Waals surface area contributed by atoms with Crippen LogP contribution in [0.5, 0.6) is 5.75 Å². The molecule has 0 unspecified atom stereocenters. The summed E-state index contributed by atoms with van der Waals surface area (Å²) < 4.78 is 45.0. The topological polar surface area (TPSA) is 59.1 Å². The molecule has 1 aromatic carbocycles. The second kappa shape index (κ2) is 7.41. The normalized spacial score (nSPS) is 15.2. The van der Waals surface area contributed by atoms with Crippen LogP contribution in [-0.4, -0.2) is 60.9 Å². The van der Waals surface area contributed by atoms with E-state index in [9.17, 15) is 22.8 Å². The smallest absolute Gasteiger partial charge is 0.450 e. The number of benzene rings is 1. The van der Waals surface area contributed by atoms with E-state index in [1.807, 2.05) is 0 Å². The Morgan fingerprint density at radius 1 is 1.04 bits per heavy atom.